The second kappa shape index (κ2) is 6.48. The first-order valence-corrected chi connectivity index (χ1v) is 7.55. The van der Waals surface area contributed by atoms with E-state index in [4.69, 9.17) is 38.1 Å². The Morgan fingerprint density at radius 2 is 1.74 bits per heavy atom. The summed E-state index contributed by atoms with van der Waals surface area (Å²) in [5, 5.41) is 8.12. The van der Waals surface area contributed by atoms with Crippen LogP contribution < -0.4 is 10.5 Å². The van der Waals surface area contributed by atoms with E-state index in [1.54, 1.807) is 12.1 Å². The van der Waals surface area contributed by atoms with Gasteiger partial charge in [-0.15, -0.1) is 5.10 Å². The Bertz CT molecular complexity index is 809. The Balaban J connectivity index is 1.81. The topological polar surface area (TPSA) is 74.2 Å². The zero-order valence-corrected chi connectivity index (χ0v) is 13.7. The normalized spacial score (nSPS) is 10.7. The summed E-state index contributed by atoms with van der Waals surface area (Å²) in [6.45, 7) is 2.40. The first kappa shape index (κ1) is 15.6. The summed E-state index contributed by atoms with van der Waals surface area (Å²) in [5.74, 6) is 0.654. The van der Waals surface area contributed by atoms with Crippen molar-refractivity contribution in [2.75, 3.05) is 5.73 Å². The number of rotatable bonds is 4. The quantitative estimate of drug-likeness (QED) is 0.749. The first-order chi connectivity index (χ1) is 11.0. The van der Waals surface area contributed by atoms with Crippen molar-refractivity contribution in [1.29, 1.82) is 0 Å². The lowest BCUT2D eigenvalue weighted by Crippen LogP contribution is -1.97. The van der Waals surface area contributed by atoms with Crippen LogP contribution in [0.15, 0.2) is 40.8 Å². The highest BCUT2D eigenvalue weighted by atomic mass is 35.5. The van der Waals surface area contributed by atoms with Crippen molar-refractivity contribution < 1.29 is 9.15 Å². The number of aryl methyl sites for hydroxylation is 1. The number of anilines is 1. The molecule has 0 saturated heterocycles. The summed E-state index contributed by atoms with van der Waals surface area (Å²) in [6, 6.07) is 11.3. The van der Waals surface area contributed by atoms with Crippen LogP contribution in [0, 0.1) is 6.92 Å². The van der Waals surface area contributed by atoms with Crippen LogP contribution in [0.25, 0.3) is 11.5 Å². The number of halogens is 2. The molecule has 0 atom stereocenters. The molecular formula is C16H13Cl2N3O2. The molecule has 0 aliphatic rings. The van der Waals surface area contributed by atoms with Crippen LogP contribution >= 0.6 is 23.2 Å². The summed E-state index contributed by atoms with van der Waals surface area (Å²) in [6.07, 6.45) is 0. The first-order valence-electron chi connectivity index (χ1n) is 6.79. The van der Waals surface area contributed by atoms with E-state index >= 15 is 0 Å². The summed E-state index contributed by atoms with van der Waals surface area (Å²) in [7, 11) is 0. The van der Waals surface area contributed by atoms with Gasteiger partial charge in [0.25, 0.3) is 0 Å². The van der Waals surface area contributed by atoms with E-state index in [2.05, 4.69) is 10.2 Å². The van der Waals surface area contributed by atoms with Crippen LogP contribution in [0.4, 0.5) is 6.01 Å². The molecule has 23 heavy (non-hydrogen) atoms. The Morgan fingerprint density at radius 3 is 2.30 bits per heavy atom. The van der Waals surface area contributed by atoms with Gasteiger partial charge in [-0.3, -0.25) is 0 Å². The lowest BCUT2D eigenvalue weighted by atomic mass is 10.2. The molecule has 2 aromatic carbocycles. The minimum absolute atomic E-state index is 0.0213. The third-order valence-electron chi connectivity index (χ3n) is 3.19. The number of hydrogen-bond donors (Lipinski definition) is 1. The van der Waals surface area contributed by atoms with Gasteiger partial charge in [-0.2, -0.15) is 0 Å². The molecule has 0 fully saturated rings. The molecule has 0 aliphatic carbocycles. The van der Waals surface area contributed by atoms with Crippen LogP contribution in [0.1, 0.15) is 11.1 Å². The Hall–Kier alpha value is -2.24. The highest BCUT2D eigenvalue weighted by molar-refractivity contribution is 6.37. The van der Waals surface area contributed by atoms with E-state index in [9.17, 15) is 0 Å². The number of nitrogens with two attached hydrogens (primary N) is 1. The van der Waals surface area contributed by atoms with Gasteiger partial charge in [-0.25, -0.2) is 0 Å². The molecule has 0 saturated carbocycles. The number of aromatic nitrogens is 2. The predicted octanol–water partition coefficient (Wildman–Crippen LogP) is 4.51. The molecule has 7 heteroatoms. The lowest BCUT2D eigenvalue weighted by molar-refractivity contribution is 0.306. The maximum atomic E-state index is 6.25. The van der Waals surface area contributed by atoms with Crippen molar-refractivity contribution in [3.63, 3.8) is 0 Å². The number of hydrogen-bond acceptors (Lipinski definition) is 5. The van der Waals surface area contributed by atoms with Gasteiger partial charge < -0.3 is 14.9 Å². The van der Waals surface area contributed by atoms with Gasteiger partial charge in [0.15, 0.2) is 5.75 Å². The molecule has 0 radical (unpaired) electrons. The van der Waals surface area contributed by atoms with Crippen LogP contribution in [0.5, 0.6) is 5.75 Å². The van der Waals surface area contributed by atoms with Crippen molar-refractivity contribution in [3.8, 4) is 17.2 Å². The minimum atomic E-state index is -0.0213. The summed E-state index contributed by atoms with van der Waals surface area (Å²) in [4.78, 5) is 0. The van der Waals surface area contributed by atoms with Gasteiger partial charge >= 0.3 is 6.01 Å². The number of nitrogen functional groups attached to an aromatic ring is 1. The molecule has 5 nitrogen and oxygen atoms in total. The van der Waals surface area contributed by atoms with Gasteiger partial charge in [0.1, 0.15) is 6.61 Å². The lowest BCUT2D eigenvalue weighted by Gasteiger charge is -2.11. The second-order valence-corrected chi connectivity index (χ2v) is 5.80. The van der Waals surface area contributed by atoms with Crippen LogP contribution in [-0.2, 0) is 6.61 Å². The van der Waals surface area contributed by atoms with Crippen molar-refractivity contribution in [3.05, 3.63) is 57.6 Å². The molecule has 2 N–H and O–H groups in total. The number of benzene rings is 2. The summed E-state index contributed by atoms with van der Waals surface area (Å²) < 4.78 is 10.9. The van der Waals surface area contributed by atoms with E-state index in [0.29, 0.717) is 28.0 Å². The molecule has 3 aromatic rings. The average molecular weight is 350 g/mol. The maximum Gasteiger partial charge on any atom is 0.313 e. The molecule has 0 amide bonds. The molecule has 0 bridgehead atoms. The van der Waals surface area contributed by atoms with Gasteiger partial charge in [-0.05, 0) is 24.6 Å². The van der Waals surface area contributed by atoms with E-state index in [-0.39, 0.29) is 11.9 Å². The van der Waals surface area contributed by atoms with E-state index < -0.39 is 0 Å². The standard InChI is InChI=1S/C16H13Cl2N3O2/c1-9-2-4-10(5-3-9)8-22-14-12(17)6-11(7-13(14)18)15-20-21-16(19)23-15/h2-7H,8H2,1H3,(H2,19,21). The fraction of sp³-hybridized carbons (Fsp3) is 0.125. The van der Waals surface area contributed by atoms with E-state index in [1.165, 1.54) is 5.56 Å². The van der Waals surface area contributed by atoms with E-state index in [1.807, 2.05) is 31.2 Å². The van der Waals surface area contributed by atoms with Crippen molar-refractivity contribution in [2.24, 2.45) is 0 Å². The van der Waals surface area contributed by atoms with Gasteiger partial charge in [-0.1, -0.05) is 58.1 Å². The fourth-order valence-electron chi connectivity index (χ4n) is 2.01. The predicted molar refractivity (Wildman–Crippen MR) is 89.7 cm³/mol. The van der Waals surface area contributed by atoms with Crippen molar-refractivity contribution in [2.45, 2.75) is 13.5 Å². The van der Waals surface area contributed by atoms with Gasteiger partial charge in [0, 0.05) is 5.56 Å². The SMILES string of the molecule is Cc1ccc(COc2c(Cl)cc(-c3nnc(N)o3)cc2Cl)cc1. The molecule has 1 heterocycles. The highest BCUT2D eigenvalue weighted by Gasteiger charge is 2.14. The van der Waals surface area contributed by atoms with Crippen molar-refractivity contribution in [1.82, 2.24) is 10.2 Å². The smallest absolute Gasteiger partial charge is 0.313 e. The molecule has 3 rings (SSSR count). The van der Waals surface area contributed by atoms with E-state index in [0.717, 1.165) is 5.56 Å². The Morgan fingerprint density at radius 1 is 1.09 bits per heavy atom. The fourth-order valence-corrected chi connectivity index (χ4v) is 2.61. The van der Waals surface area contributed by atoms with Gasteiger partial charge in [0.05, 0.1) is 10.0 Å². The second-order valence-electron chi connectivity index (χ2n) is 4.99. The Kier molecular flexibility index (Phi) is 4.41. The zero-order valence-electron chi connectivity index (χ0n) is 12.2. The molecule has 0 unspecified atom stereocenters. The van der Waals surface area contributed by atoms with Crippen LogP contribution in [-0.4, -0.2) is 10.2 Å². The minimum Gasteiger partial charge on any atom is -0.486 e. The highest BCUT2D eigenvalue weighted by Crippen LogP contribution is 2.37. The summed E-state index contributed by atoms with van der Waals surface area (Å²) >= 11 is 12.5. The van der Waals surface area contributed by atoms with Crippen LogP contribution in [0.3, 0.4) is 0 Å². The van der Waals surface area contributed by atoms with Gasteiger partial charge in [0.2, 0.25) is 5.89 Å². The number of nitrogens with zero attached hydrogens (tertiary/aromatic N) is 2. The average Bonchev–Trinajstić information content (AvgIpc) is 2.95. The maximum absolute atomic E-state index is 6.25. The van der Waals surface area contributed by atoms with Crippen molar-refractivity contribution >= 4 is 29.2 Å². The number of ether oxygens (including phenoxy) is 1. The molecule has 1 aromatic heterocycles. The molecule has 118 valence electrons. The Labute approximate surface area is 143 Å². The third-order valence-corrected chi connectivity index (χ3v) is 3.75. The van der Waals surface area contributed by atoms with Crippen LogP contribution in [0.2, 0.25) is 10.0 Å². The molecule has 0 spiro atoms. The molecular weight excluding hydrogens is 337 g/mol. The zero-order chi connectivity index (χ0) is 16.4. The third kappa shape index (κ3) is 3.57. The molecule has 0 aliphatic heterocycles. The monoisotopic (exact) mass is 349 g/mol. The largest absolute Gasteiger partial charge is 0.486 e. The summed E-state index contributed by atoms with van der Waals surface area (Å²) in [5.41, 5.74) is 8.20.